The van der Waals surface area contributed by atoms with Crippen LogP contribution in [0.15, 0.2) is 30.6 Å². The Hall–Kier alpha value is -3.27. The Morgan fingerprint density at radius 2 is 1.81 bits per heavy atom. The summed E-state index contributed by atoms with van der Waals surface area (Å²) in [5.41, 5.74) is 3.39. The van der Waals surface area contributed by atoms with Crippen molar-refractivity contribution in [1.29, 1.82) is 5.26 Å². The van der Waals surface area contributed by atoms with Crippen LogP contribution in [-0.4, -0.2) is 35.0 Å². The summed E-state index contributed by atoms with van der Waals surface area (Å²) in [5.74, 6) is -1.12. The lowest BCUT2D eigenvalue weighted by Crippen LogP contribution is -2.35. The number of hydrogen-bond acceptors (Lipinski definition) is 6. The number of aromatic nitrogens is 2. The predicted octanol–water partition coefficient (Wildman–Crippen LogP) is 2.51. The molecule has 7 nitrogen and oxygen atoms in total. The molecule has 0 bridgehead atoms. The zero-order valence-corrected chi connectivity index (χ0v) is 15.0. The lowest BCUT2D eigenvalue weighted by atomic mass is 10.1. The molecule has 0 spiro atoms. The van der Waals surface area contributed by atoms with Crippen LogP contribution in [0.2, 0.25) is 0 Å². The fraction of sp³-hybridized carbons (Fsp3) is 0.316. The van der Waals surface area contributed by atoms with E-state index in [-0.39, 0.29) is 18.7 Å². The third kappa shape index (κ3) is 5.11. The van der Waals surface area contributed by atoms with Crippen molar-refractivity contribution in [2.45, 2.75) is 27.2 Å². The Bertz CT molecular complexity index is 821. The highest BCUT2D eigenvalue weighted by Crippen LogP contribution is 2.19. The van der Waals surface area contributed by atoms with Gasteiger partial charge in [-0.2, -0.15) is 5.26 Å². The van der Waals surface area contributed by atoms with E-state index < -0.39 is 18.5 Å². The molecule has 0 atom stereocenters. The minimum absolute atomic E-state index is 0.0402. The van der Waals surface area contributed by atoms with E-state index in [0.29, 0.717) is 11.4 Å². The van der Waals surface area contributed by atoms with Gasteiger partial charge < -0.3 is 9.64 Å². The number of anilines is 1. The van der Waals surface area contributed by atoms with Crippen molar-refractivity contribution in [3.05, 3.63) is 53.1 Å². The molecule has 1 aromatic heterocycles. The van der Waals surface area contributed by atoms with Crippen LogP contribution in [0.3, 0.4) is 0 Å². The third-order valence-corrected chi connectivity index (χ3v) is 3.58. The van der Waals surface area contributed by atoms with Gasteiger partial charge in [-0.3, -0.25) is 9.78 Å². The molecule has 0 fully saturated rings. The zero-order valence-electron chi connectivity index (χ0n) is 15.0. The highest BCUT2D eigenvalue weighted by atomic mass is 16.5. The first-order valence-electron chi connectivity index (χ1n) is 8.12. The Kier molecular flexibility index (Phi) is 6.39. The topological polar surface area (TPSA) is 96.2 Å². The molecule has 0 radical (unpaired) electrons. The van der Waals surface area contributed by atoms with E-state index in [9.17, 15) is 9.59 Å². The quantitative estimate of drug-likeness (QED) is 0.741. The standard InChI is InChI=1S/C19H20N4O3/c1-13-7-14(2)9-16(8-13)23(6-4-5-20)18(24)12-26-19(25)17-11-21-15(3)10-22-17/h7-11H,4,6,12H2,1-3H3. The van der Waals surface area contributed by atoms with Crippen LogP contribution in [-0.2, 0) is 9.53 Å². The van der Waals surface area contributed by atoms with E-state index in [2.05, 4.69) is 9.97 Å². The molecule has 0 saturated carbocycles. The van der Waals surface area contributed by atoms with Crippen molar-refractivity contribution in [3.8, 4) is 6.07 Å². The molecular weight excluding hydrogens is 332 g/mol. The molecule has 26 heavy (non-hydrogen) atoms. The minimum Gasteiger partial charge on any atom is -0.451 e. The second-order valence-electron chi connectivity index (χ2n) is 5.92. The number of carbonyl (C=O) groups is 2. The van der Waals surface area contributed by atoms with Gasteiger partial charge in [-0.25, -0.2) is 9.78 Å². The van der Waals surface area contributed by atoms with Crippen molar-refractivity contribution < 1.29 is 14.3 Å². The maximum atomic E-state index is 12.6. The van der Waals surface area contributed by atoms with Gasteiger partial charge in [-0.15, -0.1) is 0 Å². The van der Waals surface area contributed by atoms with E-state index >= 15 is 0 Å². The fourth-order valence-corrected chi connectivity index (χ4v) is 2.44. The number of benzene rings is 1. The summed E-state index contributed by atoms with van der Waals surface area (Å²) < 4.78 is 5.06. The van der Waals surface area contributed by atoms with E-state index in [4.69, 9.17) is 10.00 Å². The van der Waals surface area contributed by atoms with Gasteiger partial charge in [0, 0.05) is 18.4 Å². The SMILES string of the molecule is Cc1cc(C)cc(N(CCC#N)C(=O)COC(=O)c2cnc(C)cn2)c1. The van der Waals surface area contributed by atoms with Gasteiger partial charge in [0.15, 0.2) is 12.3 Å². The Morgan fingerprint density at radius 1 is 1.12 bits per heavy atom. The smallest absolute Gasteiger partial charge is 0.359 e. The highest BCUT2D eigenvalue weighted by Gasteiger charge is 2.19. The Morgan fingerprint density at radius 3 is 2.38 bits per heavy atom. The maximum Gasteiger partial charge on any atom is 0.359 e. The number of nitriles is 1. The van der Waals surface area contributed by atoms with E-state index in [0.717, 1.165) is 11.1 Å². The first-order valence-corrected chi connectivity index (χ1v) is 8.12. The molecule has 134 valence electrons. The van der Waals surface area contributed by atoms with Crippen LogP contribution >= 0.6 is 0 Å². The summed E-state index contributed by atoms with van der Waals surface area (Å²) in [4.78, 5) is 33.9. The van der Waals surface area contributed by atoms with Crippen molar-refractivity contribution in [2.24, 2.45) is 0 Å². The van der Waals surface area contributed by atoms with Crippen LogP contribution in [0, 0.1) is 32.1 Å². The molecule has 0 aliphatic carbocycles. The van der Waals surface area contributed by atoms with Gasteiger partial charge in [0.1, 0.15) is 0 Å². The molecule has 0 aliphatic rings. The second-order valence-corrected chi connectivity index (χ2v) is 5.92. The first kappa shape index (κ1) is 19.1. The summed E-state index contributed by atoms with van der Waals surface area (Å²) >= 11 is 0. The van der Waals surface area contributed by atoms with Crippen molar-refractivity contribution in [1.82, 2.24) is 9.97 Å². The molecular formula is C19H20N4O3. The normalized spacial score (nSPS) is 10.1. The number of hydrogen-bond donors (Lipinski definition) is 0. The van der Waals surface area contributed by atoms with Crippen molar-refractivity contribution >= 4 is 17.6 Å². The Labute approximate surface area is 152 Å². The molecule has 1 aromatic carbocycles. The summed E-state index contributed by atoms with van der Waals surface area (Å²) in [6.07, 6.45) is 2.93. The molecule has 7 heteroatoms. The predicted molar refractivity (Wildman–Crippen MR) is 95.6 cm³/mol. The van der Waals surface area contributed by atoms with Crippen LogP contribution < -0.4 is 4.90 Å². The third-order valence-electron chi connectivity index (χ3n) is 3.58. The van der Waals surface area contributed by atoms with Crippen LogP contribution in [0.25, 0.3) is 0 Å². The summed E-state index contributed by atoms with van der Waals surface area (Å²) in [5, 5.41) is 8.85. The number of aryl methyl sites for hydroxylation is 3. The number of carbonyl (C=O) groups excluding carboxylic acids is 2. The van der Waals surface area contributed by atoms with Crippen LogP contribution in [0.5, 0.6) is 0 Å². The number of esters is 1. The highest BCUT2D eigenvalue weighted by molar-refractivity contribution is 5.96. The average Bonchev–Trinajstić information content (AvgIpc) is 2.59. The monoisotopic (exact) mass is 352 g/mol. The van der Waals surface area contributed by atoms with Crippen LogP contribution in [0.1, 0.15) is 33.7 Å². The van der Waals surface area contributed by atoms with Gasteiger partial charge in [-0.05, 0) is 44.0 Å². The van der Waals surface area contributed by atoms with E-state index in [1.165, 1.54) is 17.3 Å². The number of nitrogens with zero attached hydrogens (tertiary/aromatic N) is 4. The van der Waals surface area contributed by atoms with E-state index in [1.54, 1.807) is 6.92 Å². The molecule has 1 amide bonds. The number of ether oxygens (including phenoxy) is 1. The van der Waals surface area contributed by atoms with Gasteiger partial charge in [0.2, 0.25) is 0 Å². The van der Waals surface area contributed by atoms with Crippen molar-refractivity contribution in [3.63, 3.8) is 0 Å². The van der Waals surface area contributed by atoms with Gasteiger partial charge in [0.05, 0.1) is 24.4 Å². The first-order chi connectivity index (χ1) is 12.4. The number of rotatable bonds is 6. The maximum absolute atomic E-state index is 12.6. The lowest BCUT2D eigenvalue weighted by molar-refractivity contribution is -0.121. The van der Waals surface area contributed by atoms with Gasteiger partial charge >= 0.3 is 5.97 Å². The number of amides is 1. The van der Waals surface area contributed by atoms with Gasteiger partial charge in [-0.1, -0.05) is 6.07 Å². The zero-order chi connectivity index (χ0) is 19.1. The average molecular weight is 352 g/mol. The lowest BCUT2D eigenvalue weighted by Gasteiger charge is -2.22. The molecule has 0 saturated heterocycles. The van der Waals surface area contributed by atoms with Crippen LogP contribution in [0.4, 0.5) is 5.69 Å². The van der Waals surface area contributed by atoms with E-state index in [1.807, 2.05) is 38.1 Å². The fourth-order valence-electron chi connectivity index (χ4n) is 2.44. The molecule has 1 heterocycles. The summed E-state index contributed by atoms with van der Waals surface area (Å²) in [7, 11) is 0. The van der Waals surface area contributed by atoms with Gasteiger partial charge in [0.25, 0.3) is 5.91 Å². The largest absolute Gasteiger partial charge is 0.451 e. The second kappa shape index (κ2) is 8.72. The molecule has 0 aliphatic heterocycles. The molecule has 0 N–H and O–H groups in total. The molecule has 2 aromatic rings. The summed E-state index contributed by atoms with van der Waals surface area (Å²) in [6, 6.07) is 7.73. The van der Waals surface area contributed by atoms with Crippen molar-refractivity contribution in [2.75, 3.05) is 18.1 Å². The minimum atomic E-state index is -0.716. The summed E-state index contributed by atoms with van der Waals surface area (Å²) in [6.45, 7) is 5.40. The molecule has 0 unspecified atom stereocenters. The Balaban J connectivity index is 2.10. The molecule has 2 rings (SSSR count).